The first-order valence-corrected chi connectivity index (χ1v) is 15.4. The molecule has 3 aromatic carbocycles. The van der Waals surface area contributed by atoms with Gasteiger partial charge in [-0.25, -0.2) is 4.68 Å². The maximum atomic E-state index is 13.5. The van der Waals surface area contributed by atoms with E-state index < -0.39 is 5.97 Å². The van der Waals surface area contributed by atoms with Crippen LogP contribution in [0.2, 0.25) is 0 Å². The van der Waals surface area contributed by atoms with Crippen molar-refractivity contribution < 1.29 is 14.3 Å². The quantitative estimate of drug-likeness (QED) is 0.0999. The molecule has 0 aliphatic heterocycles. The van der Waals surface area contributed by atoms with Crippen molar-refractivity contribution in [1.29, 1.82) is 0 Å². The number of rotatable bonds is 11. The highest BCUT2D eigenvalue weighted by Gasteiger charge is 2.17. The van der Waals surface area contributed by atoms with Crippen molar-refractivity contribution in [2.45, 2.75) is 39.5 Å². The van der Waals surface area contributed by atoms with Crippen molar-refractivity contribution in [3.8, 4) is 39.8 Å². The molecule has 10 heteroatoms. The molecule has 0 bridgehead atoms. The molecule has 0 N–H and O–H groups in total. The van der Waals surface area contributed by atoms with Crippen LogP contribution in [0.1, 0.15) is 45.1 Å². The number of hydrogen-bond donors (Lipinski definition) is 0. The Labute approximate surface area is 258 Å². The molecule has 0 saturated heterocycles. The fourth-order valence-electron chi connectivity index (χ4n) is 4.84. The molecule has 0 aliphatic carbocycles. The molecule has 6 aromatic rings. The number of ether oxygens (including phenoxy) is 2. The minimum Gasteiger partial charge on any atom is -0.494 e. The largest absolute Gasteiger partial charge is 0.494 e. The van der Waals surface area contributed by atoms with Gasteiger partial charge in [-0.3, -0.25) is 9.59 Å². The summed E-state index contributed by atoms with van der Waals surface area (Å²) in [5.41, 5.74) is 3.56. The molecule has 9 nitrogen and oxygen atoms in total. The summed E-state index contributed by atoms with van der Waals surface area (Å²) < 4.78 is 14.8. The molecule has 0 saturated carbocycles. The molecule has 3 heterocycles. The molecular formula is C34H31N5O4S. The van der Waals surface area contributed by atoms with Crippen LogP contribution in [0.25, 0.3) is 39.4 Å². The van der Waals surface area contributed by atoms with Gasteiger partial charge in [-0.15, -0.1) is 5.10 Å². The molecule has 6 rings (SSSR count). The van der Waals surface area contributed by atoms with Gasteiger partial charge in [0.25, 0.3) is 5.56 Å². The first-order chi connectivity index (χ1) is 21.5. The fourth-order valence-corrected chi connectivity index (χ4v) is 5.74. The van der Waals surface area contributed by atoms with Crippen molar-refractivity contribution >= 4 is 28.3 Å². The van der Waals surface area contributed by atoms with Gasteiger partial charge in [-0.2, -0.15) is 14.6 Å². The van der Waals surface area contributed by atoms with E-state index in [2.05, 4.69) is 17.0 Å². The number of nitrogens with zero attached hydrogens (tertiary/aromatic N) is 5. The third-order valence-electron chi connectivity index (χ3n) is 7.01. The normalized spacial score (nSPS) is 11.7. The summed E-state index contributed by atoms with van der Waals surface area (Å²) in [5, 5.41) is 9.35. The van der Waals surface area contributed by atoms with E-state index in [-0.39, 0.29) is 5.56 Å². The van der Waals surface area contributed by atoms with E-state index >= 15 is 0 Å². The van der Waals surface area contributed by atoms with Gasteiger partial charge in [0.1, 0.15) is 17.2 Å². The van der Waals surface area contributed by atoms with Crippen LogP contribution in [0.3, 0.4) is 0 Å². The first-order valence-electron chi connectivity index (χ1n) is 14.6. The lowest BCUT2D eigenvalue weighted by Crippen LogP contribution is -2.23. The van der Waals surface area contributed by atoms with Crippen molar-refractivity contribution in [3.05, 3.63) is 106 Å². The zero-order chi connectivity index (χ0) is 30.5. The maximum absolute atomic E-state index is 13.5. The van der Waals surface area contributed by atoms with Crippen LogP contribution in [0.5, 0.6) is 11.5 Å². The van der Waals surface area contributed by atoms with Crippen molar-refractivity contribution in [1.82, 2.24) is 24.4 Å². The van der Waals surface area contributed by atoms with Gasteiger partial charge in [-0.1, -0.05) is 67.9 Å². The van der Waals surface area contributed by atoms with Crippen molar-refractivity contribution in [3.63, 3.8) is 0 Å². The van der Waals surface area contributed by atoms with Crippen LogP contribution in [0.4, 0.5) is 0 Å². The van der Waals surface area contributed by atoms with Gasteiger partial charge in [0.2, 0.25) is 4.96 Å². The third kappa shape index (κ3) is 6.30. The topological polar surface area (TPSA) is 101 Å². The Morgan fingerprint density at radius 1 is 0.932 bits per heavy atom. The highest BCUT2D eigenvalue weighted by atomic mass is 32.1. The Bertz CT molecular complexity index is 2010. The first kappa shape index (κ1) is 29.0. The van der Waals surface area contributed by atoms with Crippen LogP contribution in [0.15, 0.2) is 89.9 Å². The van der Waals surface area contributed by atoms with Crippen LogP contribution in [-0.4, -0.2) is 37.0 Å². The molecule has 0 atom stereocenters. The minimum absolute atomic E-state index is 0.293. The molecule has 0 amide bonds. The summed E-state index contributed by atoms with van der Waals surface area (Å²) in [5.74, 6) is 1.01. The monoisotopic (exact) mass is 605 g/mol. The van der Waals surface area contributed by atoms with E-state index in [0.717, 1.165) is 41.1 Å². The number of hydrogen-bond acceptors (Lipinski definition) is 8. The predicted molar refractivity (Wildman–Crippen MR) is 171 cm³/mol. The van der Waals surface area contributed by atoms with Gasteiger partial charge >= 0.3 is 5.97 Å². The second-order valence-corrected chi connectivity index (χ2v) is 11.3. The van der Waals surface area contributed by atoms with Crippen LogP contribution < -0.4 is 19.6 Å². The van der Waals surface area contributed by atoms with E-state index in [9.17, 15) is 9.59 Å². The van der Waals surface area contributed by atoms with E-state index in [0.29, 0.717) is 33.2 Å². The lowest BCUT2D eigenvalue weighted by Gasteiger charge is -2.07. The number of unbranched alkanes of at least 4 members (excludes halogenated alkanes) is 3. The molecule has 44 heavy (non-hydrogen) atoms. The SMILES string of the molecule is CCCCCCOc1ccc(-c2nn(-c3ccccc3)cc2/C=c2\sc3nc(-c4ccccc4OC(C)=O)nn3c2=O)cc1. The van der Waals surface area contributed by atoms with Gasteiger partial charge in [-0.05, 0) is 61.0 Å². The highest BCUT2D eigenvalue weighted by molar-refractivity contribution is 7.15. The number of para-hydroxylation sites is 2. The summed E-state index contributed by atoms with van der Waals surface area (Å²) in [6.07, 6.45) is 8.35. The van der Waals surface area contributed by atoms with E-state index in [4.69, 9.17) is 14.6 Å². The molecule has 222 valence electrons. The number of fused-ring (bicyclic) bond motifs is 1. The molecule has 0 unspecified atom stereocenters. The average molecular weight is 606 g/mol. The second-order valence-electron chi connectivity index (χ2n) is 10.3. The summed E-state index contributed by atoms with van der Waals surface area (Å²) in [6.45, 7) is 4.22. The number of aromatic nitrogens is 5. The molecule has 0 fully saturated rings. The summed E-state index contributed by atoms with van der Waals surface area (Å²) in [6, 6.07) is 24.7. The Kier molecular flexibility index (Phi) is 8.60. The molecule has 3 aromatic heterocycles. The second kappa shape index (κ2) is 13.0. The van der Waals surface area contributed by atoms with Crippen LogP contribution in [0, 0.1) is 0 Å². The van der Waals surface area contributed by atoms with Gasteiger partial charge in [0.15, 0.2) is 5.82 Å². The van der Waals surface area contributed by atoms with Crippen LogP contribution >= 0.6 is 11.3 Å². The average Bonchev–Trinajstić information content (AvgIpc) is 3.73. The number of carbonyl (C=O) groups excluding carboxylic acids is 1. The molecule has 0 spiro atoms. The molecule has 0 radical (unpaired) electrons. The highest BCUT2D eigenvalue weighted by Crippen LogP contribution is 2.29. The lowest BCUT2D eigenvalue weighted by atomic mass is 10.1. The Balaban J connectivity index is 1.35. The van der Waals surface area contributed by atoms with Gasteiger partial charge in [0.05, 0.1) is 22.4 Å². The number of thiazole rings is 1. The summed E-state index contributed by atoms with van der Waals surface area (Å²) >= 11 is 1.24. The van der Waals surface area contributed by atoms with Crippen molar-refractivity contribution in [2.24, 2.45) is 0 Å². The van der Waals surface area contributed by atoms with E-state index in [1.54, 1.807) is 24.3 Å². The minimum atomic E-state index is -0.448. The van der Waals surface area contributed by atoms with E-state index in [1.165, 1.54) is 35.6 Å². The Hall–Kier alpha value is -5.09. The van der Waals surface area contributed by atoms with E-state index in [1.807, 2.05) is 71.6 Å². The number of carbonyl (C=O) groups is 1. The molecule has 0 aliphatic rings. The van der Waals surface area contributed by atoms with Crippen LogP contribution in [-0.2, 0) is 4.79 Å². The Morgan fingerprint density at radius 3 is 2.45 bits per heavy atom. The van der Waals surface area contributed by atoms with Gasteiger partial charge in [0, 0.05) is 24.2 Å². The zero-order valence-electron chi connectivity index (χ0n) is 24.5. The number of benzene rings is 3. The fraction of sp³-hybridized carbons (Fsp3) is 0.206. The Morgan fingerprint density at radius 2 is 1.70 bits per heavy atom. The number of esters is 1. The summed E-state index contributed by atoms with van der Waals surface area (Å²) in [7, 11) is 0. The summed E-state index contributed by atoms with van der Waals surface area (Å²) in [4.78, 5) is 30.1. The molecular weight excluding hydrogens is 574 g/mol. The lowest BCUT2D eigenvalue weighted by molar-refractivity contribution is -0.131. The zero-order valence-corrected chi connectivity index (χ0v) is 25.3. The smallest absolute Gasteiger partial charge is 0.308 e. The maximum Gasteiger partial charge on any atom is 0.308 e. The van der Waals surface area contributed by atoms with Gasteiger partial charge < -0.3 is 9.47 Å². The standard InChI is InChI=1S/C34H31N5O4S/c1-3-4-5-11-20-42-27-18-16-24(17-19-27)31-25(22-38(36-31)26-12-7-6-8-13-26)21-30-33(41)39-34(44-30)35-32(37-39)28-14-9-10-15-29(28)43-23(2)40/h6-10,12-19,21-22H,3-5,11,20H2,1-2H3/b30-21-. The van der Waals surface area contributed by atoms with Crippen molar-refractivity contribution in [2.75, 3.05) is 6.61 Å². The third-order valence-corrected chi connectivity index (χ3v) is 7.97. The predicted octanol–water partition coefficient (Wildman–Crippen LogP) is 6.10.